The fourth-order valence-electron chi connectivity index (χ4n) is 5.66. The Morgan fingerprint density at radius 2 is 2.00 bits per heavy atom. The van der Waals surface area contributed by atoms with Gasteiger partial charge >= 0.3 is 6.09 Å². The summed E-state index contributed by atoms with van der Waals surface area (Å²) in [5.74, 6) is -1.15. The second-order valence-corrected chi connectivity index (χ2v) is 13.0. The number of aryl methyl sites for hydroxylation is 1. The SMILES string of the molecule is CSSC1(COC(=O)NCN2c3cc(F)cc4c(=O)[nH]nc(c34)[C@H](c3ncnn3C)[C@H]2c2ccc(F)cc2)CCC1. The number of nitrogens with one attached hydrogen (secondary N) is 2. The summed E-state index contributed by atoms with van der Waals surface area (Å²) >= 11 is 0. The summed E-state index contributed by atoms with van der Waals surface area (Å²) in [6, 6.07) is 7.75. The van der Waals surface area contributed by atoms with Crippen LogP contribution in [0.15, 0.2) is 47.5 Å². The van der Waals surface area contributed by atoms with Crippen LogP contribution < -0.4 is 15.8 Å². The number of nitrogens with zero attached hydrogens (tertiary/aromatic N) is 5. The maximum absolute atomic E-state index is 15.0. The fourth-order valence-corrected chi connectivity index (χ4v) is 8.28. The van der Waals surface area contributed by atoms with Crippen LogP contribution in [0.3, 0.4) is 0 Å². The number of benzene rings is 2. The van der Waals surface area contributed by atoms with Crippen molar-refractivity contribution in [1.82, 2.24) is 30.3 Å². The molecule has 41 heavy (non-hydrogen) atoms. The van der Waals surface area contributed by atoms with E-state index < -0.39 is 35.2 Å². The van der Waals surface area contributed by atoms with Gasteiger partial charge in [-0.25, -0.2) is 23.7 Å². The van der Waals surface area contributed by atoms with Gasteiger partial charge in [0.2, 0.25) is 0 Å². The van der Waals surface area contributed by atoms with E-state index in [1.807, 2.05) is 6.26 Å². The predicted molar refractivity (Wildman–Crippen MR) is 154 cm³/mol. The van der Waals surface area contributed by atoms with Crippen molar-refractivity contribution >= 4 is 44.1 Å². The molecular weight excluding hydrogens is 572 g/mol. The number of ether oxygens (including phenoxy) is 1. The van der Waals surface area contributed by atoms with Gasteiger partial charge in [0.25, 0.3) is 5.56 Å². The molecule has 6 rings (SSSR count). The van der Waals surface area contributed by atoms with Crippen molar-refractivity contribution in [2.75, 3.05) is 24.4 Å². The van der Waals surface area contributed by atoms with Gasteiger partial charge in [-0.05, 0) is 48.9 Å². The highest BCUT2D eigenvalue weighted by molar-refractivity contribution is 8.77. The van der Waals surface area contributed by atoms with Crippen LogP contribution in [0.4, 0.5) is 19.3 Å². The van der Waals surface area contributed by atoms with Crippen molar-refractivity contribution in [3.05, 3.63) is 81.8 Å². The van der Waals surface area contributed by atoms with Gasteiger partial charge < -0.3 is 15.0 Å². The summed E-state index contributed by atoms with van der Waals surface area (Å²) in [7, 11) is 5.10. The second kappa shape index (κ2) is 11.0. The lowest BCUT2D eigenvalue weighted by molar-refractivity contribution is 0.117. The zero-order valence-electron chi connectivity index (χ0n) is 22.3. The van der Waals surface area contributed by atoms with Gasteiger partial charge in [-0.2, -0.15) is 10.2 Å². The van der Waals surface area contributed by atoms with Gasteiger partial charge in [0.15, 0.2) is 0 Å². The summed E-state index contributed by atoms with van der Waals surface area (Å²) in [5.41, 5.74) is 0.927. The van der Waals surface area contributed by atoms with Gasteiger partial charge in [-0.15, -0.1) is 0 Å². The zero-order valence-corrected chi connectivity index (χ0v) is 23.9. The first kappa shape index (κ1) is 27.5. The summed E-state index contributed by atoms with van der Waals surface area (Å²) < 4.78 is 36.1. The second-order valence-electron chi connectivity index (χ2n) is 10.2. The molecule has 1 saturated carbocycles. The number of anilines is 1. The maximum Gasteiger partial charge on any atom is 0.408 e. The number of carbonyl (C=O) groups excluding carboxylic acids is 1. The molecule has 2 atom stereocenters. The molecule has 14 heteroatoms. The van der Waals surface area contributed by atoms with Crippen molar-refractivity contribution in [1.29, 1.82) is 0 Å². The molecule has 2 N–H and O–H groups in total. The molecule has 10 nitrogen and oxygen atoms in total. The first-order chi connectivity index (χ1) is 19.8. The number of H-pyrrole nitrogens is 1. The Hall–Kier alpha value is -3.65. The Bertz CT molecular complexity index is 1660. The van der Waals surface area contributed by atoms with Gasteiger partial charge in [-0.1, -0.05) is 40.1 Å². The van der Waals surface area contributed by atoms with E-state index in [4.69, 9.17) is 4.74 Å². The summed E-state index contributed by atoms with van der Waals surface area (Å²) in [4.78, 5) is 32.0. The van der Waals surface area contributed by atoms with E-state index >= 15 is 0 Å². The lowest BCUT2D eigenvalue weighted by Gasteiger charge is -2.42. The number of carbonyl (C=O) groups is 1. The Balaban J connectivity index is 1.43. The molecule has 3 heterocycles. The van der Waals surface area contributed by atoms with Crippen molar-refractivity contribution < 1.29 is 18.3 Å². The normalized spacial score (nSPS) is 19.2. The molecule has 2 aliphatic rings. The highest BCUT2D eigenvalue weighted by atomic mass is 33.1. The highest BCUT2D eigenvalue weighted by Crippen LogP contribution is 2.50. The quantitative estimate of drug-likeness (QED) is 0.279. The lowest BCUT2D eigenvalue weighted by Crippen LogP contribution is -2.46. The number of hydrogen-bond acceptors (Lipinski definition) is 9. The van der Waals surface area contributed by atoms with Crippen LogP contribution in [0.1, 0.15) is 48.3 Å². The van der Waals surface area contributed by atoms with E-state index in [1.165, 1.54) is 24.5 Å². The van der Waals surface area contributed by atoms with Crippen LogP contribution in [-0.4, -0.2) is 55.3 Å². The lowest BCUT2D eigenvalue weighted by atomic mass is 9.82. The number of alkyl carbamates (subject to hydrolysis) is 1. The zero-order chi connectivity index (χ0) is 28.7. The first-order valence-electron chi connectivity index (χ1n) is 13.0. The summed E-state index contributed by atoms with van der Waals surface area (Å²) in [6.07, 6.45) is 5.84. The molecule has 1 fully saturated rings. The van der Waals surface area contributed by atoms with Gasteiger partial charge in [0, 0.05) is 12.4 Å². The standard InChI is InChI=1S/C27H27F2N7O3S2/c1-35-24(30-13-32-35)21-22-20-18(25(37)34-33-22)10-17(29)11-19(20)36(23(21)15-4-6-16(28)7-5-15)14-31-26(38)39-12-27(41-40-2)8-3-9-27/h4-7,10-11,13,21,23H,3,8-9,12,14H2,1-2H3,(H,31,38)(H,34,37)/t21-,23+/m0/s1. The van der Waals surface area contributed by atoms with Crippen LogP contribution in [0.5, 0.6) is 0 Å². The molecular formula is C27H27F2N7O3S2. The minimum absolute atomic E-state index is 0.0881. The number of amides is 1. The number of halogens is 2. The Morgan fingerprint density at radius 3 is 2.66 bits per heavy atom. The highest BCUT2D eigenvalue weighted by Gasteiger charge is 2.43. The molecule has 0 unspecified atom stereocenters. The summed E-state index contributed by atoms with van der Waals surface area (Å²) in [6.45, 7) is 0.183. The van der Waals surface area contributed by atoms with Gasteiger partial charge in [0.1, 0.15) is 30.4 Å². The maximum atomic E-state index is 15.0. The fraction of sp³-hybridized carbons (Fsp3) is 0.370. The van der Waals surface area contributed by atoms with Crippen LogP contribution in [0.25, 0.3) is 10.8 Å². The Kier molecular flexibility index (Phi) is 7.36. The van der Waals surface area contributed by atoms with Crippen molar-refractivity contribution in [3.63, 3.8) is 0 Å². The molecule has 2 aromatic heterocycles. The molecule has 1 aliphatic carbocycles. The summed E-state index contributed by atoms with van der Waals surface area (Å²) in [5, 5.41) is 14.5. The monoisotopic (exact) mass is 599 g/mol. The topological polar surface area (TPSA) is 118 Å². The molecule has 0 radical (unpaired) electrons. The number of aromatic amines is 1. The number of aromatic nitrogens is 5. The minimum atomic E-state index is -0.639. The van der Waals surface area contributed by atoms with Crippen LogP contribution in [-0.2, 0) is 11.8 Å². The largest absolute Gasteiger partial charge is 0.448 e. The van der Waals surface area contributed by atoms with Crippen molar-refractivity contribution in [2.24, 2.45) is 7.05 Å². The van der Waals surface area contributed by atoms with Crippen LogP contribution >= 0.6 is 21.6 Å². The molecule has 1 aliphatic heterocycles. The predicted octanol–water partition coefficient (Wildman–Crippen LogP) is 4.64. The average molecular weight is 600 g/mol. The van der Waals surface area contributed by atoms with Crippen LogP contribution in [0.2, 0.25) is 0 Å². The van der Waals surface area contributed by atoms with E-state index in [9.17, 15) is 18.4 Å². The van der Waals surface area contributed by atoms with E-state index in [-0.39, 0.29) is 23.4 Å². The van der Waals surface area contributed by atoms with E-state index in [0.717, 1.165) is 25.3 Å². The van der Waals surface area contributed by atoms with E-state index in [0.29, 0.717) is 28.2 Å². The van der Waals surface area contributed by atoms with Crippen molar-refractivity contribution in [2.45, 2.75) is 36.0 Å². The third-order valence-electron chi connectivity index (χ3n) is 7.74. The molecule has 0 saturated heterocycles. The Labute approximate surface area is 241 Å². The number of rotatable bonds is 8. The van der Waals surface area contributed by atoms with E-state index in [1.54, 1.807) is 50.3 Å². The molecule has 0 spiro atoms. The Morgan fingerprint density at radius 1 is 1.22 bits per heavy atom. The average Bonchev–Trinajstić information content (AvgIpc) is 3.36. The minimum Gasteiger partial charge on any atom is -0.448 e. The van der Waals surface area contributed by atoms with Gasteiger partial charge in [0.05, 0.1) is 40.1 Å². The van der Waals surface area contributed by atoms with Crippen molar-refractivity contribution in [3.8, 4) is 0 Å². The van der Waals surface area contributed by atoms with Crippen LogP contribution in [0, 0.1) is 11.6 Å². The van der Waals surface area contributed by atoms with E-state index in [2.05, 4.69) is 25.6 Å². The smallest absolute Gasteiger partial charge is 0.408 e. The third kappa shape index (κ3) is 5.03. The first-order valence-corrected chi connectivity index (χ1v) is 15.6. The molecule has 0 bridgehead atoms. The molecule has 2 aromatic carbocycles. The third-order valence-corrected chi connectivity index (χ3v) is 10.3. The van der Waals surface area contributed by atoms with Gasteiger partial charge in [-0.3, -0.25) is 9.48 Å². The molecule has 4 aromatic rings. The molecule has 1 amide bonds. The molecule has 214 valence electrons. The number of hydrogen-bond donors (Lipinski definition) is 2.